The van der Waals surface area contributed by atoms with Gasteiger partial charge in [0, 0.05) is 33.6 Å². The summed E-state index contributed by atoms with van der Waals surface area (Å²) in [6, 6.07) is 24.2. The summed E-state index contributed by atoms with van der Waals surface area (Å²) in [5.41, 5.74) is 2.89. The van der Waals surface area contributed by atoms with E-state index in [4.69, 9.17) is 0 Å². The Labute approximate surface area is 196 Å². The Bertz CT molecular complexity index is 1170. The number of nitrogens with zero attached hydrogens (tertiary/aromatic N) is 1. The molecular formula is C25H24N4O3S. The number of carboxylic acids is 1. The number of benzene rings is 3. The number of hydrogen-bond acceptors (Lipinski definition) is 6. The molecule has 0 fully saturated rings. The van der Waals surface area contributed by atoms with E-state index in [0.29, 0.717) is 17.2 Å². The van der Waals surface area contributed by atoms with Crippen molar-refractivity contribution in [3.05, 3.63) is 90.0 Å². The number of nitrogens with one attached hydrogen (secondary N) is 3. The second-order valence-electron chi connectivity index (χ2n) is 7.46. The molecule has 0 radical (unpaired) electrons. The molecule has 0 saturated carbocycles. The minimum Gasteiger partial charge on any atom is -0.481 e. The molecule has 1 heterocycles. The third-order valence-corrected chi connectivity index (χ3v) is 6.21. The fourth-order valence-electron chi connectivity index (χ4n) is 3.43. The minimum atomic E-state index is -0.854. The van der Waals surface area contributed by atoms with E-state index < -0.39 is 5.97 Å². The monoisotopic (exact) mass is 460 g/mol. The molecule has 4 N–H and O–H groups in total. The maximum atomic E-state index is 12.8. The van der Waals surface area contributed by atoms with Crippen molar-refractivity contribution in [2.75, 3.05) is 23.7 Å². The molecule has 4 rings (SSSR count). The van der Waals surface area contributed by atoms with Gasteiger partial charge in [0.25, 0.3) is 5.91 Å². The number of guanidine groups is 1. The maximum Gasteiger partial charge on any atom is 0.304 e. The first-order chi connectivity index (χ1) is 16.1. The van der Waals surface area contributed by atoms with Gasteiger partial charge in [-0.3, -0.25) is 14.6 Å². The first kappa shape index (κ1) is 22.4. The molecule has 8 heteroatoms. The highest BCUT2D eigenvalue weighted by atomic mass is 32.2. The molecule has 7 nitrogen and oxygen atoms in total. The number of rotatable bonds is 8. The van der Waals surface area contributed by atoms with Crippen LogP contribution in [0.2, 0.25) is 0 Å². The lowest BCUT2D eigenvalue weighted by atomic mass is 10.1. The lowest BCUT2D eigenvalue weighted by molar-refractivity contribution is -0.137. The molecule has 3 aromatic rings. The summed E-state index contributed by atoms with van der Waals surface area (Å²) in [5.74, 6) is -0.382. The number of carboxylic acid groups (broad SMARTS) is 1. The second kappa shape index (κ2) is 10.7. The highest BCUT2D eigenvalue weighted by Crippen LogP contribution is 2.38. The molecular weight excluding hydrogens is 436 g/mol. The number of carbonyl (C=O) groups is 2. The van der Waals surface area contributed by atoms with E-state index in [0.717, 1.165) is 29.2 Å². The predicted octanol–water partition coefficient (Wildman–Crippen LogP) is 4.62. The van der Waals surface area contributed by atoms with Crippen molar-refractivity contribution in [2.45, 2.75) is 16.6 Å². The van der Waals surface area contributed by atoms with Gasteiger partial charge in [0.2, 0.25) is 0 Å². The molecule has 0 aromatic heterocycles. The summed E-state index contributed by atoms with van der Waals surface area (Å²) >= 11 is 1.47. The van der Waals surface area contributed by atoms with Crippen LogP contribution >= 0.6 is 11.8 Å². The van der Waals surface area contributed by atoms with E-state index in [-0.39, 0.29) is 17.6 Å². The van der Waals surface area contributed by atoms with Crippen LogP contribution in [-0.2, 0) is 4.79 Å². The van der Waals surface area contributed by atoms with E-state index in [1.807, 2.05) is 66.7 Å². The Morgan fingerprint density at radius 1 is 1.00 bits per heavy atom. The quantitative estimate of drug-likeness (QED) is 0.366. The Hall–Kier alpha value is -3.78. The van der Waals surface area contributed by atoms with Crippen molar-refractivity contribution < 1.29 is 14.7 Å². The van der Waals surface area contributed by atoms with Gasteiger partial charge in [0.15, 0.2) is 5.96 Å². The molecule has 0 saturated heterocycles. The zero-order valence-corrected chi connectivity index (χ0v) is 18.6. The van der Waals surface area contributed by atoms with E-state index in [1.165, 1.54) is 11.8 Å². The SMILES string of the molecule is O=C(O)CC(Sc1cccc(NC(=O)c2cccc(NC3=NCCN3)c2)c1)c1ccccc1. The Morgan fingerprint density at radius 3 is 2.55 bits per heavy atom. The van der Waals surface area contributed by atoms with Crippen molar-refractivity contribution in [3.63, 3.8) is 0 Å². The average molecular weight is 461 g/mol. The van der Waals surface area contributed by atoms with Crippen LogP contribution < -0.4 is 16.0 Å². The first-order valence-corrected chi connectivity index (χ1v) is 11.4. The summed E-state index contributed by atoms with van der Waals surface area (Å²) in [6.07, 6.45) is 0.00517. The smallest absolute Gasteiger partial charge is 0.304 e. The normalized spacial score (nSPS) is 13.5. The van der Waals surface area contributed by atoms with Crippen LogP contribution in [0.3, 0.4) is 0 Å². The van der Waals surface area contributed by atoms with Crippen molar-refractivity contribution in [1.29, 1.82) is 0 Å². The highest BCUT2D eigenvalue weighted by molar-refractivity contribution is 7.99. The zero-order chi connectivity index (χ0) is 23.0. The van der Waals surface area contributed by atoms with Crippen molar-refractivity contribution in [2.24, 2.45) is 4.99 Å². The summed E-state index contributed by atoms with van der Waals surface area (Å²) < 4.78 is 0. The van der Waals surface area contributed by atoms with Gasteiger partial charge >= 0.3 is 5.97 Å². The lowest BCUT2D eigenvalue weighted by Gasteiger charge is -2.16. The second-order valence-corrected chi connectivity index (χ2v) is 8.74. The highest BCUT2D eigenvalue weighted by Gasteiger charge is 2.17. The van der Waals surface area contributed by atoms with Gasteiger partial charge in [-0.1, -0.05) is 42.5 Å². The van der Waals surface area contributed by atoms with E-state index in [2.05, 4.69) is 20.9 Å². The van der Waals surface area contributed by atoms with E-state index >= 15 is 0 Å². The molecule has 33 heavy (non-hydrogen) atoms. The fraction of sp³-hybridized carbons (Fsp3) is 0.160. The molecule has 0 bridgehead atoms. The summed E-state index contributed by atoms with van der Waals surface area (Å²) in [7, 11) is 0. The number of amides is 1. The number of aliphatic carboxylic acids is 1. The zero-order valence-electron chi connectivity index (χ0n) is 17.8. The molecule has 1 atom stereocenters. The van der Waals surface area contributed by atoms with Gasteiger partial charge < -0.3 is 21.1 Å². The average Bonchev–Trinajstić information content (AvgIpc) is 3.32. The summed E-state index contributed by atoms with van der Waals surface area (Å²) in [6.45, 7) is 1.53. The Balaban J connectivity index is 1.45. The number of aliphatic imine (C=N–C) groups is 1. The van der Waals surface area contributed by atoms with Gasteiger partial charge in [0.1, 0.15) is 0 Å². The third-order valence-electron chi connectivity index (χ3n) is 4.96. The fourth-order valence-corrected chi connectivity index (χ4v) is 4.62. The van der Waals surface area contributed by atoms with Crippen molar-refractivity contribution >= 4 is 41.0 Å². The van der Waals surface area contributed by atoms with Crippen LogP contribution in [0.4, 0.5) is 11.4 Å². The molecule has 0 aliphatic carbocycles. The van der Waals surface area contributed by atoms with Crippen molar-refractivity contribution in [1.82, 2.24) is 5.32 Å². The van der Waals surface area contributed by atoms with E-state index in [1.54, 1.807) is 12.1 Å². The first-order valence-electron chi connectivity index (χ1n) is 10.6. The minimum absolute atomic E-state index is 0.00517. The predicted molar refractivity (Wildman–Crippen MR) is 132 cm³/mol. The molecule has 1 aliphatic heterocycles. The van der Waals surface area contributed by atoms with Gasteiger partial charge in [-0.25, -0.2) is 0 Å². The summed E-state index contributed by atoms with van der Waals surface area (Å²) in [5, 5.41) is 18.4. The molecule has 1 unspecified atom stereocenters. The van der Waals surface area contributed by atoms with Crippen LogP contribution in [0.25, 0.3) is 0 Å². The number of thioether (sulfide) groups is 1. The molecule has 1 aliphatic rings. The van der Waals surface area contributed by atoms with Crippen LogP contribution in [-0.4, -0.2) is 36.0 Å². The van der Waals surface area contributed by atoms with Gasteiger partial charge in [0.05, 0.1) is 13.0 Å². The van der Waals surface area contributed by atoms with Gasteiger partial charge in [-0.05, 0) is 42.0 Å². The molecule has 0 spiro atoms. The topological polar surface area (TPSA) is 103 Å². The number of anilines is 2. The van der Waals surface area contributed by atoms with E-state index in [9.17, 15) is 14.7 Å². The lowest BCUT2D eigenvalue weighted by Crippen LogP contribution is -2.26. The summed E-state index contributed by atoms with van der Waals surface area (Å²) in [4.78, 5) is 29.4. The van der Waals surface area contributed by atoms with Crippen LogP contribution in [0.15, 0.2) is 88.8 Å². The van der Waals surface area contributed by atoms with Crippen LogP contribution in [0, 0.1) is 0 Å². The third kappa shape index (κ3) is 6.36. The standard InChI is InChI=1S/C25H24N4O3S/c30-23(31)16-22(17-6-2-1-3-7-17)33-21-11-5-10-20(15-21)28-24(32)18-8-4-9-19(14-18)29-25-26-12-13-27-25/h1-11,14-15,22H,12-13,16H2,(H,28,32)(H,30,31)(H2,26,27,29). The Kier molecular flexibility index (Phi) is 7.26. The van der Waals surface area contributed by atoms with Crippen molar-refractivity contribution in [3.8, 4) is 0 Å². The molecule has 3 aromatic carbocycles. The largest absolute Gasteiger partial charge is 0.481 e. The van der Waals surface area contributed by atoms with Crippen LogP contribution in [0.5, 0.6) is 0 Å². The number of hydrogen-bond donors (Lipinski definition) is 4. The van der Waals surface area contributed by atoms with Gasteiger partial charge in [-0.15, -0.1) is 11.8 Å². The molecule has 168 valence electrons. The van der Waals surface area contributed by atoms with Crippen LogP contribution in [0.1, 0.15) is 27.6 Å². The van der Waals surface area contributed by atoms with Gasteiger partial charge in [-0.2, -0.15) is 0 Å². The number of carbonyl (C=O) groups excluding carboxylic acids is 1. The Morgan fingerprint density at radius 2 is 1.79 bits per heavy atom. The molecule has 1 amide bonds. The maximum absolute atomic E-state index is 12.8.